The summed E-state index contributed by atoms with van der Waals surface area (Å²) in [6, 6.07) is 15.6. The van der Waals surface area contributed by atoms with Crippen LogP contribution in [0.15, 0.2) is 54.7 Å². The maximum absolute atomic E-state index is 12.6. The minimum absolute atomic E-state index is 0.0480. The van der Waals surface area contributed by atoms with Crippen LogP contribution in [-0.2, 0) is 4.79 Å². The third kappa shape index (κ3) is 5.02. The maximum Gasteiger partial charge on any atom is 0.224 e. The molecule has 1 saturated heterocycles. The Labute approximate surface area is 191 Å². The standard InChI is InChI=1S/C23H23Cl2N3OS/c24-17-5-3-4-16(14-17)23-28(22(29)9-13-30-23)12-2-1-10-26-20-8-11-27-21-15-18(25)6-7-19(20)21/h3-8,11,14-15,23H,1-2,9-10,12-13H2,(H,26,27). The molecule has 1 aliphatic heterocycles. The van der Waals surface area contributed by atoms with Gasteiger partial charge in [0.05, 0.1) is 5.52 Å². The molecule has 7 heteroatoms. The third-order valence-electron chi connectivity index (χ3n) is 5.17. The maximum atomic E-state index is 12.6. The molecule has 156 valence electrons. The summed E-state index contributed by atoms with van der Waals surface area (Å²) in [6.07, 6.45) is 4.30. The average Bonchev–Trinajstić information content (AvgIpc) is 2.74. The fourth-order valence-corrected chi connectivity index (χ4v) is 5.33. The molecule has 4 nitrogen and oxygen atoms in total. The molecule has 2 aromatic carbocycles. The normalized spacial score (nSPS) is 16.8. The lowest BCUT2D eigenvalue weighted by Gasteiger charge is -2.35. The summed E-state index contributed by atoms with van der Waals surface area (Å²) in [5, 5.41) is 6.00. The van der Waals surface area contributed by atoms with Crippen molar-refractivity contribution in [3.63, 3.8) is 0 Å². The molecule has 3 aromatic rings. The zero-order valence-electron chi connectivity index (χ0n) is 16.5. The number of hydrogen-bond donors (Lipinski definition) is 1. The molecule has 1 aromatic heterocycles. The topological polar surface area (TPSA) is 45.2 Å². The van der Waals surface area contributed by atoms with E-state index in [2.05, 4.69) is 16.4 Å². The van der Waals surface area contributed by atoms with E-state index in [1.165, 1.54) is 0 Å². The first-order valence-electron chi connectivity index (χ1n) is 10.1. The number of unbranched alkanes of at least 4 members (excludes halogenated alkanes) is 1. The summed E-state index contributed by atoms with van der Waals surface area (Å²) in [7, 11) is 0. The molecule has 0 saturated carbocycles. The van der Waals surface area contributed by atoms with Crippen molar-refractivity contribution in [1.82, 2.24) is 9.88 Å². The summed E-state index contributed by atoms with van der Waals surface area (Å²) in [4.78, 5) is 19.0. The van der Waals surface area contributed by atoms with Gasteiger partial charge in [0.15, 0.2) is 0 Å². The zero-order chi connectivity index (χ0) is 20.9. The number of nitrogens with zero attached hydrogens (tertiary/aromatic N) is 2. The van der Waals surface area contributed by atoms with Crippen LogP contribution in [0.5, 0.6) is 0 Å². The van der Waals surface area contributed by atoms with Crippen molar-refractivity contribution < 1.29 is 4.79 Å². The van der Waals surface area contributed by atoms with Crippen molar-refractivity contribution in [1.29, 1.82) is 0 Å². The number of benzene rings is 2. The zero-order valence-corrected chi connectivity index (χ0v) is 18.8. The van der Waals surface area contributed by atoms with Crippen LogP contribution in [0.25, 0.3) is 10.9 Å². The number of amides is 1. The molecule has 1 fully saturated rings. The van der Waals surface area contributed by atoms with E-state index in [0.717, 1.165) is 53.8 Å². The van der Waals surface area contributed by atoms with Gasteiger partial charge >= 0.3 is 0 Å². The molecule has 0 bridgehead atoms. The number of nitrogens with one attached hydrogen (secondary N) is 1. The molecule has 1 amide bonds. The number of fused-ring (bicyclic) bond motifs is 1. The predicted octanol–water partition coefficient (Wildman–Crippen LogP) is 6.40. The molecule has 1 N–H and O–H groups in total. The lowest BCUT2D eigenvalue weighted by Crippen LogP contribution is -2.38. The monoisotopic (exact) mass is 459 g/mol. The highest BCUT2D eigenvalue weighted by molar-refractivity contribution is 7.99. The predicted molar refractivity (Wildman–Crippen MR) is 127 cm³/mol. The highest BCUT2D eigenvalue weighted by atomic mass is 35.5. The number of carbonyl (C=O) groups excluding carboxylic acids is 1. The average molecular weight is 460 g/mol. The van der Waals surface area contributed by atoms with E-state index in [9.17, 15) is 4.79 Å². The molecule has 2 heterocycles. The van der Waals surface area contributed by atoms with Crippen LogP contribution in [0.2, 0.25) is 10.0 Å². The van der Waals surface area contributed by atoms with Gasteiger partial charge in [-0.3, -0.25) is 9.78 Å². The van der Waals surface area contributed by atoms with Gasteiger partial charge in [-0.2, -0.15) is 0 Å². The number of carbonyl (C=O) groups is 1. The Morgan fingerprint density at radius 3 is 2.83 bits per heavy atom. The van der Waals surface area contributed by atoms with Gasteiger partial charge in [0.1, 0.15) is 5.37 Å². The first-order valence-corrected chi connectivity index (χ1v) is 11.9. The van der Waals surface area contributed by atoms with E-state index in [0.29, 0.717) is 16.5 Å². The van der Waals surface area contributed by atoms with Gasteiger partial charge in [-0.05, 0) is 54.8 Å². The molecule has 1 aliphatic rings. The van der Waals surface area contributed by atoms with E-state index >= 15 is 0 Å². The Balaban J connectivity index is 1.33. The van der Waals surface area contributed by atoms with E-state index in [4.69, 9.17) is 23.2 Å². The molecule has 1 unspecified atom stereocenters. The van der Waals surface area contributed by atoms with Gasteiger partial charge in [-0.15, -0.1) is 11.8 Å². The first-order chi connectivity index (χ1) is 14.6. The van der Waals surface area contributed by atoms with Gasteiger partial charge in [0.25, 0.3) is 0 Å². The van der Waals surface area contributed by atoms with E-state index in [1.54, 1.807) is 6.20 Å². The fourth-order valence-electron chi connectivity index (χ4n) is 3.71. The molecular formula is C23H23Cl2N3OS. The Hall–Kier alpha value is -1.95. The lowest BCUT2D eigenvalue weighted by molar-refractivity contribution is -0.132. The second kappa shape index (κ2) is 9.90. The number of hydrogen-bond acceptors (Lipinski definition) is 4. The van der Waals surface area contributed by atoms with Gasteiger partial charge in [0, 0.05) is 52.6 Å². The number of anilines is 1. The SMILES string of the molecule is O=C1CCSC(c2cccc(Cl)c2)N1CCCCNc1ccnc2cc(Cl)ccc12. The first kappa shape index (κ1) is 21.3. The highest BCUT2D eigenvalue weighted by Gasteiger charge is 2.29. The summed E-state index contributed by atoms with van der Waals surface area (Å²) < 4.78 is 0. The lowest BCUT2D eigenvalue weighted by atomic mass is 10.1. The second-order valence-electron chi connectivity index (χ2n) is 7.27. The Morgan fingerprint density at radius 2 is 1.97 bits per heavy atom. The minimum Gasteiger partial charge on any atom is -0.384 e. The van der Waals surface area contributed by atoms with Gasteiger partial charge in [0.2, 0.25) is 5.91 Å². The number of halogens is 2. The van der Waals surface area contributed by atoms with Crippen molar-refractivity contribution in [3.05, 3.63) is 70.3 Å². The summed E-state index contributed by atoms with van der Waals surface area (Å²) in [6.45, 7) is 1.58. The fraction of sp³-hybridized carbons (Fsp3) is 0.304. The van der Waals surface area contributed by atoms with Crippen molar-refractivity contribution in [3.8, 4) is 0 Å². The van der Waals surface area contributed by atoms with E-state index < -0.39 is 0 Å². The number of rotatable bonds is 7. The second-order valence-corrected chi connectivity index (χ2v) is 9.33. The van der Waals surface area contributed by atoms with Gasteiger partial charge < -0.3 is 10.2 Å². The number of pyridine rings is 1. The van der Waals surface area contributed by atoms with Gasteiger partial charge in [-0.1, -0.05) is 35.3 Å². The van der Waals surface area contributed by atoms with Crippen LogP contribution < -0.4 is 5.32 Å². The Bertz CT molecular complexity index is 1050. The Morgan fingerprint density at radius 1 is 1.10 bits per heavy atom. The van der Waals surface area contributed by atoms with Crippen LogP contribution in [0, 0.1) is 0 Å². The van der Waals surface area contributed by atoms with Gasteiger partial charge in [-0.25, -0.2) is 0 Å². The molecule has 30 heavy (non-hydrogen) atoms. The van der Waals surface area contributed by atoms with Crippen molar-refractivity contribution in [2.75, 3.05) is 24.2 Å². The van der Waals surface area contributed by atoms with Crippen molar-refractivity contribution >= 4 is 57.5 Å². The summed E-state index contributed by atoms with van der Waals surface area (Å²) in [5.74, 6) is 1.08. The van der Waals surface area contributed by atoms with E-state index in [-0.39, 0.29) is 11.3 Å². The smallest absolute Gasteiger partial charge is 0.224 e. The molecule has 0 aliphatic carbocycles. The molecule has 1 atom stereocenters. The Kier molecular flexibility index (Phi) is 7.03. The van der Waals surface area contributed by atoms with Crippen LogP contribution in [0.4, 0.5) is 5.69 Å². The summed E-state index contributed by atoms with van der Waals surface area (Å²) in [5.41, 5.74) is 3.03. The van der Waals surface area contributed by atoms with Crippen molar-refractivity contribution in [2.45, 2.75) is 24.6 Å². The van der Waals surface area contributed by atoms with Crippen LogP contribution in [0.1, 0.15) is 30.2 Å². The quantitative estimate of drug-likeness (QED) is 0.415. The minimum atomic E-state index is 0.0480. The highest BCUT2D eigenvalue weighted by Crippen LogP contribution is 2.38. The third-order valence-corrected chi connectivity index (χ3v) is 6.93. The largest absolute Gasteiger partial charge is 0.384 e. The molecule has 4 rings (SSSR count). The molecule has 0 spiro atoms. The van der Waals surface area contributed by atoms with Crippen molar-refractivity contribution in [2.24, 2.45) is 0 Å². The van der Waals surface area contributed by atoms with Crippen LogP contribution >= 0.6 is 35.0 Å². The number of thioether (sulfide) groups is 1. The van der Waals surface area contributed by atoms with E-state index in [1.807, 2.05) is 59.1 Å². The number of aromatic nitrogens is 1. The molecular weight excluding hydrogens is 437 g/mol. The molecule has 0 radical (unpaired) electrons. The van der Waals surface area contributed by atoms with Crippen LogP contribution in [-0.4, -0.2) is 34.6 Å². The van der Waals surface area contributed by atoms with Crippen LogP contribution in [0.3, 0.4) is 0 Å². The summed E-state index contributed by atoms with van der Waals surface area (Å²) >= 11 is 14.0.